The van der Waals surface area contributed by atoms with Crippen molar-refractivity contribution < 1.29 is 5.11 Å². The summed E-state index contributed by atoms with van der Waals surface area (Å²) in [5.74, 6) is 8.42. The Bertz CT molecular complexity index is 422. The molecule has 0 aliphatic heterocycles. The average molecular weight is 281 g/mol. The number of rotatable bonds is 8. The molecule has 0 spiro atoms. The second-order valence-electron chi connectivity index (χ2n) is 5.37. The zero-order valence-electron chi connectivity index (χ0n) is 12.9. The number of aliphatic hydroxyl groups excluding tert-OH is 1. The summed E-state index contributed by atoms with van der Waals surface area (Å²) >= 11 is 0. The molecule has 0 saturated carbocycles. The Labute approximate surface area is 121 Å². The van der Waals surface area contributed by atoms with Crippen molar-refractivity contribution in [3.05, 3.63) is 11.4 Å². The zero-order valence-corrected chi connectivity index (χ0v) is 12.9. The lowest BCUT2D eigenvalue weighted by Crippen LogP contribution is -2.19. The van der Waals surface area contributed by atoms with Gasteiger partial charge in [0.05, 0.1) is 0 Å². The van der Waals surface area contributed by atoms with Crippen molar-refractivity contribution in [2.24, 2.45) is 11.8 Å². The number of hydrogen-bond acceptors (Lipinski definition) is 6. The number of nitrogens with zero attached hydrogens (tertiary/aromatic N) is 2. The highest BCUT2D eigenvalue weighted by molar-refractivity contribution is 5.56. The molecule has 1 aromatic rings. The van der Waals surface area contributed by atoms with E-state index >= 15 is 0 Å². The van der Waals surface area contributed by atoms with Crippen molar-refractivity contribution in [1.29, 1.82) is 0 Å². The maximum absolute atomic E-state index is 9.04. The normalized spacial score (nSPS) is 12.6. The summed E-state index contributed by atoms with van der Waals surface area (Å²) in [6.45, 7) is 9.17. The van der Waals surface area contributed by atoms with Crippen LogP contribution in [-0.4, -0.2) is 28.2 Å². The summed E-state index contributed by atoms with van der Waals surface area (Å²) in [6.07, 6.45) is 1.82. The lowest BCUT2D eigenvalue weighted by molar-refractivity contribution is 0.258. The van der Waals surface area contributed by atoms with Gasteiger partial charge in [-0.15, -0.1) is 0 Å². The van der Waals surface area contributed by atoms with Gasteiger partial charge in [0.25, 0.3) is 0 Å². The van der Waals surface area contributed by atoms with Crippen molar-refractivity contribution in [3.63, 3.8) is 0 Å². The van der Waals surface area contributed by atoms with Gasteiger partial charge in [0, 0.05) is 24.6 Å². The quantitative estimate of drug-likeness (QED) is 0.430. The molecule has 114 valence electrons. The van der Waals surface area contributed by atoms with E-state index in [0.29, 0.717) is 11.7 Å². The third kappa shape index (κ3) is 4.31. The Kier molecular flexibility index (Phi) is 6.67. The van der Waals surface area contributed by atoms with Crippen LogP contribution in [0.4, 0.5) is 11.6 Å². The second-order valence-corrected chi connectivity index (χ2v) is 5.37. The molecular formula is C14H27N5O. The first-order valence-electron chi connectivity index (χ1n) is 7.23. The van der Waals surface area contributed by atoms with Gasteiger partial charge in [-0.2, -0.15) is 0 Å². The minimum atomic E-state index is 0.218. The molecule has 0 fully saturated rings. The van der Waals surface area contributed by atoms with Gasteiger partial charge >= 0.3 is 0 Å². The number of aromatic nitrogens is 2. The van der Waals surface area contributed by atoms with Gasteiger partial charge in [-0.3, -0.25) is 0 Å². The highest BCUT2D eigenvalue weighted by atomic mass is 16.3. The van der Waals surface area contributed by atoms with Crippen molar-refractivity contribution in [2.45, 2.75) is 46.5 Å². The number of nitrogen functional groups attached to an aromatic ring is 1. The summed E-state index contributed by atoms with van der Waals surface area (Å²) < 4.78 is 0. The molecule has 0 radical (unpaired) electrons. The van der Waals surface area contributed by atoms with Crippen molar-refractivity contribution in [2.75, 3.05) is 23.9 Å². The van der Waals surface area contributed by atoms with E-state index in [1.54, 1.807) is 0 Å². The summed E-state index contributed by atoms with van der Waals surface area (Å²) in [6, 6.07) is 0. The van der Waals surface area contributed by atoms with Crippen molar-refractivity contribution >= 4 is 11.6 Å². The van der Waals surface area contributed by atoms with E-state index in [2.05, 4.69) is 41.5 Å². The molecule has 6 nitrogen and oxygen atoms in total. The minimum absolute atomic E-state index is 0.218. The largest absolute Gasteiger partial charge is 0.396 e. The molecule has 0 amide bonds. The van der Waals surface area contributed by atoms with Gasteiger partial charge in [0.1, 0.15) is 17.5 Å². The molecule has 6 heteroatoms. The van der Waals surface area contributed by atoms with Crippen LogP contribution >= 0.6 is 0 Å². The second kappa shape index (κ2) is 8.01. The Morgan fingerprint density at radius 1 is 1.25 bits per heavy atom. The fraction of sp³-hybridized carbons (Fsp3) is 0.714. The number of nitrogens with two attached hydrogens (primary N) is 1. The molecule has 0 aliphatic rings. The SMILES string of the molecule is CCC(CCO)CNc1nc(C(C)C)nc(NN)c1C. The molecule has 0 bridgehead atoms. The van der Waals surface area contributed by atoms with Crippen LogP contribution in [0.25, 0.3) is 0 Å². The summed E-state index contributed by atoms with van der Waals surface area (Å²) in [5, 5.41) is 12.4. The number of hydrogen-bond donors (Lipinski definition) is 4. The molecule has 0 aromatic carbocycles. The fourth-order valence-electron chi connectivity index (χ4n) is 1.98. The smallest absolute Gasteiger partial charge is 0.148 e. The maximum atomic E-state index is 9.04. The highest BCUT2D eigenvalue weighted by Gasteiger charge is 2.13. The van der Waals surface area contributed by atoms with Crippen LogP contribution in [0, 0.1) is 12.8 Å². The molecule has 1 rings (SSSR count). The molecule has 5 N–H and O–H groups in total. The van der Waals surface area contributed by atoms with Gasteiger partial charge in [-0.1, -0.05) is 27.2 Å². The van der Waals surface area contributed by atoms with E-state index in [4.69, 9.17) is 10.9 Å². The van der Waals surface area contributed by atoms with E-state index in [0.717, 1.165) is 36.6 Å². The van der Waals surface area contributed by atoms with Gasteiger partial charge in [-0.05, 0) is 19.3 Å². The lowest BCUT2D eigenvalue weighted by Gasteiger charge is -2.18. The molecule has 1 heterocycles. The van der Waals surface area contributed by atoms with Crippen LogP contribution in [0.15, 0.2) is 0 Å². The first kappa shape index (κ1) is 16.7. The lowest BCUT2D eigenvalue weighted by atomic mass is 10.0. The monoisotopic (exact) mass is 281 g/mol. The summed E-state index contributed by atoms with van der Waals surface area (Å²) in [7, 11) is 0. The van der Waals surface area contributed by atoms with Gasteiger partial charge < -0.3 is 15.8 Å². The van der Waals surface area contributed by atoms with Gasteiger partial charge in [0.15, 0.2) is 0 Å². The fourth-order valence-corrected chi connectivity index (χ4v) is 1.98. The number of anilines is 2. The molecule has 0 aliphatic carbocycles. The minimum Gasteiger partial charge on any atom is -0.396 e. The average Bonchev–Trinajstić information content (AvgIpc) is 2.44. The molecule has 0 saturated heterocycles. The van der Waals surface area contributed by atoms with Crippen LogP contribution in [0.2, 0.25) is 0 Å². The van der Waals surface area contributed by atoms with Gasteiger partial charge in [-0.25, -0.2) is 15.8 Å². The number of nitrogens with one attached hydrogen (secondary N) is 2. The molecule has 1 unspecified atom stereocenters. The van der Waals surface area contributed by atoms with Crippen LogP contribution in [-0.2, 0) is 0 Å². The van der Waals surface area contributed by atoms with E-state index in [9.17, 15) is 0 Å². The number of aliphatic hydroxyl groups is 1. The maximum Gasteiger partial charge on any atom is 0.148 e. The topological polar surface area (TPSA) is 96.1 Å². The predicted molar refractivity (Wildman–Crippen MR) is 82.6 cm³/mol. The van der Waals surface area contributed by atoms with Gasteiger partial charge in [0.2, 0.25) is 0 Å². The molecular weight excluding hydrogens is 254 g/mol. The Morgan fingerprint density at radius 3 is 2.40 bits per heavy atom. The third-order valence-electron chi connectivity index (χ3n) is 3.49. The van der Waals surface area contributed by atoms with Crippen LogP contribution < -0.4 is 16.6 Å². The van der Waals surface area contributed by atoms with E-state index in [1.807, 2.05) is 6.92 Å². The van der Waals surface area contributed by atoms with E-state index < -0.39 is 0 Å². The first-order chi connectivity index (χ1) is 9.53. The van der Waals surface area contributed by atoms with E-state index in [1.165, 1.54) is 0 Å². The number of hydrazine groups is 1. The van der Waals surface area contributed by atoms with E-state index in [-0.39, 0.29) is 12.5 Å². The standard InChI is InChI=1S/C14H27N5O/c1-5-11(6-7-20)8-16-13-10(4)14(19-15)18-12(17-13)9(2)3/h9,11,20H,5-8,15H2,1-4H3,(H2,16,17,18,19). The Balaban J connectivity index is 2.90. The van der Waals surface area contributed by atoms with Crippen LogP contribution in [0.5, 0.6) is 0 Å². The highest BCUT2D eigenvalue weighted by Crippen LogP contribution is 2.23. The third-order valence-corrected chi connectivity index (χ3v) is 3.49. The Morgan fingerprint density at radius 2 is 1.90 bits per heavy atom. The van der Waals surface area contributed by atoms with Crippen molar-refractivity contribution in [1.82, 2.24) is 9.97 Å². The summed E-state index contributed by atoms with van der Waals surface area (Å²) in [5.41, 5.74) is 3.54. The Hall–Kier alpha value is -1.40. The first-order valence-corrected chi connectivity index (χ1v) is 7.23. The van der Waals surface area contributed by atoms with Crippen LogP contribution in [0.1, 0.15) is 50.9 Å². The predicted octanol–water partition coefficient (Wildman–Crippen LogP) is 2.01. The summed E-state index contributed by atoms with van der Waals surface area (Å²) in [4.78, 5) is 8.97. The molecule has 20 heavy (non-hydrogen) atoms. The zero-order chi connectivity index (χ0) is 15.1. The van der Waals surface area contributed by atoms with Crippen molar-refractivity contribution in [3.8, 4) is 0 Å². The molecule has 1 aromatic heterocycles. The molecule has 1 atom stereocenters. The van der Waals surface area contributed by atoms with Crippen LogP contribution in [0.3, 0.4) is 0 Å².